The van der Waals surface area contributed by atoms with Crippen LogP contribution in [0.3, 0.4) is 0 Å². The number of nitrogens with one attached hydrogen (secondary N) is 1. The quantitative estimate of drug-likeness (QED) is 0.596. The van der Waals surface area contributed by atoms with Gasteiger partial charge in [-0.2, -0.15) is 0 Å². The Balaban J connectivity index is 2.35. The van der Waals surface area contributed by atoms with E-state index in [1.54, 1.807) is 24.3 Å². The topological polar surface area (TPSA) is 66.4 Å². The van der Waals surface area contributed by atoms with E-state index < -0.39 is 5.97 Å². The number of unbranched alkanes of at least 4 members (excludes halogenated alkanes) is 1. The number of rotatable bonds is 6. The van der Waals surface area contributed by atoms with Crippen LogP contribution in [0, 0.1) is 12.3 Å². The highest BCUT2D eigenvalue weighted by Gasteiger charge is 2.03. The first-order chi connectivity index (χ1) is 8.61. The van der Waals surface area contributed by atoms with Crippen LogP contribution in [-0.2, 0) is 9.59 Å². The average Bonchev–Trinajstić information content (AvgIpc) is 2.34. The smallest absolute Gasteiger partial charge is 0.303 e. The van der Waals surface area contributed by atoms with Crippen LogP contribution in [0.25, 0.3) is 0 Å². The van der Waals surface area contributed by atoms with Gasteiger partial charge in [0, 0.05) is 24.1 Å². The molecular formula is C14H15NO3. The third-order valence-electron chi connectivity index (χ3n) is 2.36. The van der Waals surface area contributed by atoms with Gasteiger partial charge in [0.2, 0.25) is 5.91 Å². The second kappa shape index (κ2) is 7.13. The standard InChI is InChI=1S/C14H15NO3/c1-2-11-6-5-7-12(10-11)15-13(16)8-3-4-9-14(17)18/h1,5-7,10H,3-4,8-9H2,(H,15,16)(H,17,18). The summed E-state index contributed by atoms with van der Waals surface area (Å²) in [6.07, 6.45) is 6.74. The number of hydrogen-bond acceptors (Lipinski definition) is 2. The number of anilines is 1. The maximum Gasteiger partial charge on any atom is 0.303 e. The van der Waals surface area contributed by atoms with Gasteiger partial charge in [-0.15, -0.1) is 6.42 Å². The molecule has 0 saturated carbocycles. The van der Waals surface area contributed by atoms with Gasteiger partial charge >= 0.3 is 5.97 Å². The molecule has 0 aromatic heterocycles. The van der Waals surface area contributed by atoms with Crippen LogP contribution >= 0.6 is 0 Å². The van der Waals surface area contributed by atoms with E-state index in [2.05, 4.69) is 11.2 Å². The summed E-state index contributed by atoms with van der Waals surface area (Å²) in [4.78, 5) is 21.8. The molecule has 0 saturated heterocycles. The van der Waals surface area contributed by atoms with Crippen LogP contribution in [0.4, 0.5) is 5.69 Å². The van der Waals surface area contributed by atoms with Crippen molar-refractivity contribution in [2.75, 3.05) is 5.32 Å². The number of carboxylic acid groups (broad SMARTS) is 1. The van der Waals surface area contributed by atoms with E-state index in [1.165, 1.54) is 0 Å². The van der Waals surface area contributed by atoms with Crippen molar-refractivity contribution in [2.45, 2.75) is 25.7 Å². The third-order valence-corrected chi connectivity index (χ3v) is 2.36. The first-order valence-corrected chi connectivity index (χ1v) is 5.70. The van der Waals surface area contributed by atoms with Crippen LogP contribution in [0.2, 0.25) is 0 Å². The first-order valence-electron chi connectivity index (χ1n) is 5.70. The molecule has 4 nitrogen and oxygen atoms in total. The number of amides is 1. The molecule has 1 amide bonds. The largest absolute Gasteiger partial charge is 0.481 e. The molecule has 0 atom stereocenters. The Morgan fingerprint density at radius 2 is 2.00 bits per heavy atom. The molecule has 18 heavy (non-hydrogen) atoms. The summed E-state index contributed by atoms with van der Waals surface area (Å²) in [5.41, 5.74) is 1.37. The highest BCUT2D eigenvalue weighted by molar-refractivity contribution is 5.90. The van der Waals surface area contributed by atoms with E-state index in [1.807, 2.05) is 0 Å². The number of hydrogen-bond donors (Lipinski definition) is 2. The van der Waals surface area contributed by atoms with Crippen LogP contribution in [-0.4, -0.2) is 17.0 Å². The Hall–Kier alpha value is -2.28. The maximum atomic E-state index is 11.5. The zero-order valence-electron chi connectivity index (χ0n) is 9.98. The van der Waals surface area contributed by atoms with E-state index in [4.69, 9.17) is 11.5 Å². The molecule has 0 heterocycles. The molecule has 94 valence electrons. The number of carboxylic acids is 1. The lowest BCUT2D eigenvalue weighted by molar-refractivity contribution is -0.137. The lowest BCUT2D eigenvalue weighted by Crippen LogP contribution is -2.11. The normalized spacial score (nSPS) is 9.50. The molecule has 0 unspecified atom stereocenters. The van der Waals surface area contributed by atoms with Crippen molar-refractivity contribution in [3.8, 4) is 12.3 Å². The molecule has 0 spiro atoms. The van der Waals surface area contributed by atoms with Crippen LogP contribution in [0.15, 0.2) is 24.3 Å². The molecule has 0 bridgehead atoms. The number of benzene rings is 1. The summed E-state index contributed by atoms with van der Waals surface area (Å²) in [6.45, 7) is 0. The van der Waals surface area contributed by atoms with Crippen molar-refractivity contribution in [3.63, 3.8) is 0 Å². The second-order valence-electron chi connectivity index (χ2n) is 3.87. The average molecular weight is 245 g/mol. The fourth-order valence-corrected chi connectivity index (χ4v) is 1.47. The van der Waals surface area contributed by atoms with Crippen LogP contribution in [0.5, 0.6) is 0 Å². The highest BCUT2D eigenvalue weighted by Crippen LogP contribution is 2.11. The fraction of sp³-hybridized carbons (Fsp3) is 0.286. The van der Waals surface area contributed by atoms with Crippen molar-refractivity contribution in [3.05, 3.63) is 29.8 Å². The van der Waals surface area contributed by atoms with Crippen molar-refractivity contribution >= 4 is 17.6 Å². The summed E-state index contributed by atoms with van der Waals surface area (Å²) in [5, 5.41) is 11.2. The predicted octanol–water partition coefficient (Wildman–Crippen LogP) is 2.25. The van der Waals surface area contributed by atoms with Gasteiger partial charge in [0.25, 0.3) is 0 Å². The summed E-state index contributed by atoms with van der Waals surface area (Å²) < 4.78 is 0. The molecule has 0 aliphatic heterocycles. The monoisotopic (exact) mass is 245 g/mol. The molecule has 0 fully saturated rings. The first kappa shape index (κ1) is 13.8. The molecule has 1 aromatic carbocycles. The molecular weight excluding hydrogens is 230 g/mol. The number of aliphatic carboxylic acids is 1. The van der Waals surface area contributed by atoms with Gasteiger partial charge in [0.15, 0.2) is 0 Å². The van der Waals surface area contributed by atoms with Gasteiger partial charge in [-0.05, 0) is 31.0 Å². The van der Waals surface area contributed by atoms with Crippen molar-refractivity contribution in [1.29, 1.82) is 0 Å². The minimum atomic E-state index is -0.836. The van der Waals surface area contributed by atoms with Crippen LogP contribution in [0.1, 0.15) is 31.2 Å². The second-order valence-corrected chi connectivity index (χ2v) is 3.87. The van der Waals surface area contributed by atoms with E-state index in [-0.39, 0.29) is 12.3 Å². The molecule has 0 radical (unpaired) electrons. The van der Waals surface area contributed by atoms with Crippen molar-refractivity contribution in [2.24, 2.45) is 0 Å². The van der Waals surface area contributed by atoms with E-state index >= 15 is 0 Å². The summed E-state index contributed by atoms with van der Waals surface area (Å²) in [6, 6.07) is 7.03. The molecule has 1 rings (SSSR count). The summed E-state index contributed by atoms with van der Waals surface area (Å²) >= 11 is 0. The lowest BCUT2D eigenvalue weighted by atomic mass is 10.1. The third kappa shape index (κ3) is 5.17. The molecule has 1 aromatic rings. The summed E-state index contributed by atoms with van der Waals surface area (Å²) in [7, 11) is 0. The van der Waals surface area contributed by atoms with Gasteiger partial charge in [-0.25, -0.2) is 0 Å². The van der Waals surface area contributed by atoms with Gasteiger partial charge < -0.3 is 10.4 Å². The molecule has 2 N–H and O–H groups in total. The molecule has 0 aliphatic carbocycles. The van der Waals surface area contributed by atoms with Gasteiger partial charge in [-0.1, -0.05) is 12.0 Å². The van der Waals surface area contributed by atoms with Gasteiger partial charge in [0.1, 0.15) is 0 Å². The fourth-order valence-electron chi connectivity index (χ4n) is 1.47. The minimum Gasteiger partial charge on any atom is -0.481 e. The Kier molecular flexibility index (Phi) is 5.46. The minimum absolute atomic E-state index is 0.0971. The SMILES string of the molecule is C#Cc1cccc(NC(=O)CCCCC(=O)O)c1. The number of terminal acetylenes is 1. The van der Waals surface area contributed by atoms with E-state index in [0.717, 1.165) is 0 Å². The van der Waals surface area contributed by atoms with Gasteiger partial charge in [0.05, 0.1) is 0 Å². The van der Waals surface area contributed by atoms with Gasteiger partial charge in [-0.3, -0.25) is 9.59 Å². The van der Waals surface area contributed by atoms with E-state index in [9.17, 15) is 9.59 Å². The zero-order chi connectivity index (χ0) is 13.4. The number of carbonyl (C=O) groups is 2. The lowest BCUT2D eigenvalue weighted by Gasteiger charge is -2.05. The Morgan fingerprint density at radius 3 is 2.67 bits per heavy atom. The Bertz CT molecular complexity index is 474. The highest BCUT2D eigenvalue weighted by atomic mass is 16.4. The molecule has 0 aliphatic rings. The molecule has 4 heteroatoms. The Labute approximate surface area is 106 Å². The number of carbonyl (C=O) groups excluding carboxylic acids is 1. The van der Waals surface area contributed by atoms with Crippen molar-refractivity contribution < 1.29 is 14.7 Å². The zero-order valence-corrected chi connectivity index (χ0v) is 9.98. The summed E-state index contributed by atoms with van der Waals surface area (Å²) in [5.74, 6) is 1.52. The van der Waals surface area contributed by atoms with Crippen molar-refractivity contribution in [1.82, 2.24) is 0 Å². The van der Waals surface area contributed by atoms with E-state index in [0.29, 0.717) is 30.5 Å². The predicted molar refractivity (Wildman–Crippen MR) is 69.1 cm³/mol. The maximum absolute atomic E-state index is 11.5. The van der Waals surface area contributed by atoms with Crippen LogP contribution < -0.4 is 5.32 Å². The Morgan fingerprint density at radius 1 is 1.28 bits per heavy atom.